The third kappa shape index (κ3) is 5.61. The van der Waals surface area contributed by atoms with Crippen LogP contribution in [0.25, 0.3) is 0 Å². The van der Waals surface area contributed by atoms with Crippen molar-refractivity contribution >= 4 is 50.5 Å². The lowest BCUT2D eigenvalue weighted by atomic mass is 10.1. The summed E-state index contributed by atoms with van der Waals surface area (Å²) < 4.78 is 67.3. The van der Waals surface area contributed by atoms with Crippen LogP contribution in [0, 0.1) is 13.8 Å². The Labute approximate surface area is 198 Å². The lowest BCUT2D eigenvalue weighted by molar-refractivity contribution is -0.137. The molecule has 1 amide bonds. The van der Waals surface area contributed by atoms with Crippen LogP contribution < -0.4 is 10.0 Å². The summed E-state index contributed by atoms with van der Waals surface area (Å²) in [4.78, 5) is 12.3. The zero-order valence-electron chi connectivity index (χ0n) is 17.2. The molecule has 0 bridgehead atoms. The fourth-order valence-corrected chi connectivity index (χ4v) is 4.72. The molecular formula is C22H17Cl2F3N2O3S. The monoisotopic (exact) mass is 516 g/mol. The molecule has 0 aromatic heterocycles. The maximum atomic E-state index is 13.0. The Morgan fingerprint density at radius 2 is 1.58 bits per heavy atom. The van der Waals surface area contributed by atoms with Crippen LogP contribution in [-0.4, -0.2) is 14.3 Å². The van der Waals surface area contributed by atoms with Crippen molar-refractivity contribution in [3.05, 3.63) is 86.9 Å². The Bertz CT molecular complexity index is 1340. The average molecular weight is 517 g/mol. The molecule has 0 radical (unpaired) electrons. The zero-order chi connectivity index (χ0) is 24.6. The van der Waals surface area contributed by atoms with E-state index in [2.05, 4.69) is 10.0 Å². The third-order valence-electron chi connectivity index (χ3n) is 4.87. The molecule has 3 aromatic carbocycles. The number of rotatable bonds is 5. The maximum absolute atomic E-state index is 13.0. The summed E-state index contributed by atoms with van der Waals surface area (Å²) in [5, 5.41) is 2.02. The molecule has 2 N–H and O–H groups in total. The molecule has 0 unspecified atom stereocenters. The van der Waals surface area contributed by atoms with Crippen molar-refractivity contribution in [2.75, 3.05) is 10.0 Å². The standard InChI is InChI=1S/C22H17Cl2F3N2O3S/c1-12-4-3-5-18(13(12)2)29-33(31,32)20-10-14(6-8-17(20)24)21(30)28-19-11-15(22(25,26)27)7-9-16(19)23/h3-11,29H,1-2H3,(H,28,30). The summed E-state index contributed by atoms with van der Waals surface area (Å²) in [6.45, 7) is 3.57. The normalized spacial score (nSPS) is 11.8. The number of carbonyl (C=O) groups excluding carboxylic acids is 1. The minimum atomic E-state index is -4.63. The second kappa shape index (κ2) is 9.24. The number of hydrogen-bond acceptors (Lipinski definition) is 3. The fraction of sp³-hybridized carbons (Fsp3) is 0.136. The first kappa shape index (κ1) is 24.9. The summed E-state index contributed by atoms with van der Waals surface area (Å²) in [5.41, 5.74) is 0.507. The van der Waals surface area contributed by atoms with Crippen LogP contribution >= 0.6 is 23.2 Å². The Morgan fingerprint density at radius 3 is 2.24 bits per heavy atom. The Balaban J connectivity index is 1.93. The molecule has 0 saturated heterocycles. The van der Waals surface area contributed by atoms with E-state index in [4.69, 9.17) is 23.2 Å². The lowest BCUT2D eigenvalue weighted by Crippen LogP contribution is -2.17. The number of halogens is 5. The molecule has 0 aliphatic heterocycles. The number of nitrogens with one attached hydrogen (secondary N) is 2. The van der Waals surface area contributed by atoms with Gasteiger partial charge in [0.25, 0.3) is 15.9 Å². The van der Waals surface area contributed by atoms with E-state index in [-0.39, 0.29) is 26.2 Å². The fourth-order valence-electron chi connectivity index (χ4n) is 2.90. The predicted molar refractivity (Wildman–Crippen MR) is 123 cm³/mol. The molecule has 5 nitrogen and oxygen atoms in total. The van der Waals surface area contributed by atoms with Gasteiger partial charge in [-0.05, 0) is 67.4 Å². The molecule has 0 spiro atoms. The third-order valence-corrected chi connectivity index (χ3v) is 7.05. The van der Waals surface area contributed by atoms with Crippen LogP contribution in [0.5, 0.6) is 0 Å². The molecule has 0 saturated carbocycles. The van der Waals surface area contributed by atoms with Crippen molar-refractivity contribution in [1.29, 1.82) is 0 Å². The molecule has 11 heteroatoms. The highest BCUT2D eigenvalue weighted by atomic mass is 35.5. The Hall–Kier alpha value is -2.75. The Kier molecular flexibility index (Phi) is 6.97. The van der Waals surface area contributed by atoms with Crippen LogP contribution in [0.3, 0.4) is 0 Å². The smallest absolute Gasteiger partial charge is 0.321 e. The van der Waals surface area contributed by atoms with Crippen molar-refractivity contribution in [3.8, 4) is 0 Å². The molecule has 0 atom stereocenters. The van der Waals surface area contributed by atoms with Crippen molar-refractivity contribution in [2.45, 2.75) is 24.9 Å². The van der Waals surface area contributed by atoms with Crippen LogP contribution in [0.4, 0.5) is 24.5 Å². The van der Waals surface area contributed by atoms with Gasteiger partial charge in [0.05, 0.1) is 27.0 Å². The number of aryl methyl sites for hydroxylation is 1. The van der Waals surface area contributed by atoms with E-state index in [0.717, 1.165) is 23.8 Å². The van der Waals surface area contributed by atoms with Gasteiger partial charge in [0.15, 0.2) is 0 Å². The summed E-state index contributed by atoms with van der Waals surface area (Å²) >= 11 is 12.0. The zero-order valence-corrected chi connectivity index (χ0v) is 19.5. The first-order chi connectivity index (χ1) is 15.3. The highest BCUT2D eigenvalue weighted by Gasteiger charge is 2.31. The first-order valence-electron chi connectivity index (χ1n) is 9.36. The van der Waals surface area contributed by atoms with E-state index in [1.54, 1.807) is 19.1 Å². The molecular weight excluding hydrogens is 500 g/mol. The topological polar surface area (TPSA) is 75.3 Å². The number of anilines is 2. The molecule has 0 aliphatic carbocycles. The lowest BCUT2D eigenvalue weighted by Gasteiger charge is -2.14. The van der Waals surface area contributed by atoms with E-state index in [0.29, 0.717) is 17.3 Å². The number of amides is 1. The highest BCUT2D eigenvalue weighted by molar-refractivity contribution is 7.92. The average Bonchev–Trinajstić information content (AvgIpc) is 2.72. The van der Waals surface area contributed by atoms with Gasteiger partial charge in [-0.3, -0.25) is 9.52 Å². The maximum Gasteiger partial charge on any atom is 0.416 e. The van der Waals surface area contributed by atoms with Gasteiger partial charge < -0.3 is 5.32 Å². The van der Waals surface area contributed by atoms with Gasteiger partial charge in [-0.1, -0.05) is 35.3 Å². The number of benzene rings is 3. The second-order valence-electron chi connectivity index (χ2n) is 7.14. The minimum absolute atomic E-state index is 0.116. The summed E-state index contributed by atoms with van der Waals surface area (Å²) in [6.07, 6.45) is -4.63. The van der Waals surface area contributed by atoms with Gasteiger partial charge in [0.2, 0.25) is 0 Å². The summed E-state index contributed by atoms with van der Waals surface area (Å²) in [7, 11) is -4.18. The van der Waals surface area contributed by atoms with E-state index in [1.807, 2.05) is 13.0 Å². The van der Waals surface area contributed by atoms with E-state index in [9.17, 15) is 26.4 Å². The van der Waals surface area contributed by atoms with Crippen molar-refractivity contribution < 1.29 is 26.4 Å². The van der Waals surface area contributed by atoms with Crippen molar-refractivity contribution in [3.63, 3.8) is 0 Å². The molecule has 0 fully saturated rings. The molecule has 3 rings (SSSR count). The number of carbonyl (C=O) groups is 1. The predicted octanol–water partition coefficient (Wildman–Crippen LogP) is 6.68. The van der Waals surface area contributed by atoms with Crippen LogP contribution in [0.15, 0.2) is 59.5 Å². The minimum Gasteiger partial charge on any atom is -0.321 e. The van der Waals surface area contributed by atoms with E-state index < -0.39 is 27.7 Å². The van der Waals surface area contributed by atoms with Gasteiger partial charge in [-0.15, -0.1) is 0 Å². The number of hydrogen-bond donors (Lipinski definition) is 2. The van der Waals surface area contributed by atoms with Gasteiger partial charge in [-0.2, -0.15) is 13.2 Å². The van der Waals surface area contributed by atoms with Crippen LogP contribution in [-0.2, 0) is 16.2 Å². The van der Waals surface area contributed by atoms with E-state index in [1.165, 1.54) is 12.1 Å². The van der Waals surface area contributed by atoms with Crippen molar-refractivity contribution in [1.82, 2.24) is 0 Å². The van der Waals surface area contributed by atoms with Gasteiger partial charge in [0.1, 0.15) is 4.90 Å². The van der Waals surface area contributed by atoms with Crippen LogP contribution in [0.2, 0.25) is 10.0 Å². The molecule has 33 heavy (non-hydrogen) atoms. The summed E-state index contributed by atoms with van der Waals surface area (Å²) in [5.74, 6) is -0.865. The highest BCUT2D eigenvalue weighted by Crippen LogP contribution is 2.34. The van der Waals surface area contributed by atoms with E-state index >= 15 is 0 Å². The largest absolute Gasteiger partial charge is 0.416 e. The molecule has 174 valence electrons. The number of sulfonamides is 1. The van der Waals surface area contributed by atoms with Gasteiger partial charge >= 0.3 is 6.18 Å². The second-order valence-corrected chi connectivity index (χ2v) is 9.61. The molecule has 3 aromatic rings. The SMILES string of the molecule is Cc1cccc(NS(=O)(=O)c2cc(C(=O)Nc3cc(C(F)(F)F)ccc3Cl)ccc2Cl)c1C. The van der Waals surface area contributed by atoms with Crippen LogP contribution in [0.1, 0.15) is 27.0 Å². The molecule has 0 heterocycles. The Morgan fingerprint density at radius 1 is 0.909 bits per heavy atom. The quantitative estimate of drug-likeness (QED) is 0.397. The van der Waals surface area contributed by atoms with Gasteiger partial charge in [-0.25, -0.2) is 8.42 Å². The van der Waals surface area contributed by atoms with Gasteiger partial charge in [0, 0.05) is 5.56 Å². The first-order valence-corrected chi connectivity index (χ1v) is 11.6. The number of alkyl halides is 3. The molecule has 0 aliphatic rings. The summed E-state index contributed by atoms with van der Waals surface area (Å²) in [6, 6.07) is 11.1. The van der Waals surface area contributed by atoms with Crippen molar-refractivity contribution in [2.24, 2.45) is 0 Å².